The highest BCUT2D eigenvalue weighted by Gasteiger charge is 2.43. The van der Waals surface area contributed by atoms with E-state index in [9.17, 15) is 0 Å². The van der Waals surface area contributed by atoms with Crippen LogP contribution in [0.15, 0.2) is 22.7 Å². The van der Waals surface area contributed by atoms with Crippen LogP contribution in [0.2, 0.25) is 0 Å². The molecule has 0 radical (unpaired) electrons. The summed E-state index contributed by atoms with van der Waals surface area (Å²) in [6, 6.07) is 6.09. The minimum atomic E-state index is -0.187. The van der Waals surface area contributed by atoms with Crippen LogP contribution in [0.4, 0.5) is 0 Å². The molecule has 0 bridgehead atoms. The monoisotopic (exact) mass is 283 g/mol. The summed E-state index contributed by atoms with van der Waals surface area (Å²) in [5, 5.41) is 0. The lowest BCUT2D eigenvalue weighted by molar-refractivity contribution is 0.0235. The van der Waals surface area contributed by atoms with Crippen molar-refractivity contribution in [3.8, 4) is 5.75 Å². The first-order valence-corrected chi connectivity index (χ1v) is 6.30. The van der Waals surface area contributed by atoms with Crippen LogP contribution < -0.4 is 10.5 Å². The van der Waals surface area contributed by atoms with Crippen LogP contribution in [0, 0.1) is 0 Å². The van der Waals surface area contributed by atoms with Gasteiger partial charge in [-0.15, -0.1) is 0 Å². The molecule has 4 heteroatoms. The summed E-state index contributed by atoms with van der Waals surface area (Å²) in [5.41, 5.74) is 7.11. The van der Waals surface area contributed by atoms with E-state index in [4.69, 9.17) is 15.2 Å². The lowest BCUT2D eigenvalue weighted by Gasteiger charge is -2.37. The largest absolute Gasteiger partial charge is 0.484 e. The molecule has 2 unspecified atom stereocenters. The van der Waals surface area contributed by atoms with Crippen LogP contribution >= 0.6 is 15.9 Å². The van der Waals surface area contributed by atoms with Gasteiger partial charge < -0.3 is 15.2 Å². The molecule has 1 spiro atoms. The predicted molar refractivity (Wildman–Crippen MR) is 64.5 cm³/mol. The Kier molecular flexibility index (Phi) is 2.46. The Balaban J connectivity index is 2.00. The molecule has 1 saturated heterocycles. The molecule has 16 heavy (non-hydrogen) atoms. The van der Waals surface area contributed by atoms with Crippen LogP contribution in [0.25, 0.3) is 0 Å². The Bertz CT molecular complexity index is 415. The molecule has 0 saturated carbocycles. The second-order valence-corrected chi connectivity index (χ2v) is 5.50. The third-order valence-corrected chi connectivity index (χ3v) is 3.85. The first kappa shape index (κ1) is 10.6. The Labute approximate surface area is 103 Å². The van der Waals surface area contributed by atoms with Crippen LogP contribution in [-0.2, 0) is 4.74 Å². The molecule has 2 atom stereocenters. The number of halogens is 1. The number of hydrogen-bond acceptors (Lipinski definition) is 3. The van der Waals surface area contributed by atoms with Gasteiger partial charge in [-0.1, -0.05) is 22.0 Å². The number of rotatable bonds is 0. The molecular weight excluding hydrogens is 270 g/mol. The normalized spacial score (nSPS) is 32.5. The highest BCUT2D eigenvalue weighted by Crippen LogP contribution is 2.42. The van der Waals surface area contributed by atoms with E-state index in [1.54, 1.807) is 0 Å². The summed E-state index contributed by atoms with van der Waals surface area (Å²) in [7, 11) is 0. The molecule has 2 heterocycles. The molecule has 0 amide bonds. The van der Waals surface area contributed by atoms with Gasteiger partial charge in [-0.2, -0.15) is 0 Å². The Morgan fingerprint density at radius 3 is 3.06 bits per heavy atom. The number of nitrogens with two attached hydrogens (primary N) is 1. The molecule has 2 aliphatic rings. The fourth-order valence-corrected chi connectivity index (χ4v) is 2.86. The highest BCUT2D eigenvalue weighted by atomic mass is 79.9. The van der Waals surface area contributed by atoms with E-state index in [0.717, 1.165) is 35.2 Å². The van der Waals surface area contributed by atoms with Crippen molar-refractivity contribution in [3.63, 3.8) is 0 Å². The standard InChI is InChI=1S/C12H14BrNO2/c13-8-1-2-9-10(14)6-12(3-4-15-7-12)16-11(9)5-8/h1-2,5,10H,3-4,6-7,14H2. The van der Waals surface area contributed by atoms with Crippen molar-refractivity contribution in [3.05, 3.63) is 28.2 Å². The van der Waals surface area contributed by atoms with E-state index in [0.29, 0.717) is 6.61 Å². The van der Waals surface area contributed by atoms with E-state index < -0.39 is 0 Å². The van der Waals surface area contributed by atoms with E-state index in [2.05, 4.69) is 15.9 Å². The third-order valence-electron chi connectivity index (χ3n) is 3.36. The third kappa shape index (κ3) is 1.65. The van der Waals surface area contributed by atoms with Crippen molar-refractivity contribution < 1.29 is 9.47 Å². The second kappa shape index (κ2) is 3.72. The molecule has 1 aromatic rings. The Morgan fingerprint density at radius 1 is 1.44 bits per heavy atom. The van der Waals surface area contributed by atoms with Gasteiger partial charge in [0.25, 0.3) is 0 Å². The summed E-state index contributed by atoms with van der Waals surface area (Å²) in [4.78, 5) is 0. The number of fused-ring (bicyclic) bond motifs is 1. The summed E-state index contributed by atoms with van der Waals surface area (Å²) < 4.78 is 12.6. The van der Waals surface area contributed by atoms with Crippen LogP contribution in [0.3, 0.4) is 0 Å². The van der Waals surface area contributed by atoms with E-state index in [1.165, 1.54) is 0 Å². The van der Waals surface area contributed by atoms with Crippen LogP contribution in [0.5, 0.6) is 5.75 Å². The molecule has 0 aromatic heterocycles. The fourth-order valence-electron chi connectivity index (χ4n) is 2.52. The van der Waals surface area contributed by atoms with Gasteiger partial charge in [0, 0.05) is 28.9 Å². The van der Waals surface area contributed by atoms with E-state index in [1.807, 2.05) is 18.2 Å². The maximum atomic E-state index is 6.20. The first-order valence-electron chi connectivity index (χ1n) is 5.50. The van der Waals surface area contributed by atoms with Crippen molar-refractivity contribution >= 4 is 15.9 Å². The summed E-state index contributed by atoms with van der Waals surface area (Å²) in [6.07, 6.45) is 1.79. The SMILES string of the molecule is NC1CC2(CCOC2)Oc2cc(Br)ccc21. The summed E-state index contributed by atoms with van der Waals surface area (Å²) in [6.45, 7) is 1.43. The van der Waals surface area contributed by atoms with Gasteiger partial charge in [0.15, 0.2) is 0 Å². The molecule has 2 N–H and O–H groups in total. The fraction of sp³-hybridized carbons (Fsp3) is 0.500. The number of ether oxygens (including phenoxy) is 2. The van der Waals surface area contributed by atoms with Crippen molar-refractivity contribution in [2.24, 2.45) is 5.73 Å². The molecule has 0 aliphatic carbocycles. The zero-order valence-corrected chi connectivity index (χ0v) is 10.5. The lowest BCUT2D eigenvalue weighted by atomic mass is 9.87. The van der Waals surface area contributed by atoms with Gasteiger partial charge in [0.05, 0.1) is 13.2 Å². The van der Waals surface area contributed by atoms with Gasteiger partial charge in [0.1, 0.15) is 11.4 Å². The quantitative estimate of drug-likeness (QED) is 0.795. The zero-order valence-electron chi connectivity index (χ0n) is 8.91. The molecule has 1 fully saturated rings. The minimum absolute atomic E-state index is 0.0542. The number of hydrogen-bond donors (Lipinski definition) is 1. The maximum absolute atomic E-state index is 6.20. The molecule has 1 aromatic carbocycles. The maximum Gasteiger partial charge on any atom is 0.136 e. The average Bonchev–Trinajstić information content (AvgIpc) is 2.65. The number of benzene rings is 1. The van der Waals surface area contributed by atoms with Gasteiger partial charge in [0.2, 0.25) is 0 Å². The molecular formula is C12H14BrNO2. The van der Waals surface area contributed by atoms with Crippen LogP contribution in [0.1, 0.15) is 24.4 Å². The topological polar surface area (TPSA) is 44.5 Å². The highest BCUT2D eigenvalue weighted by molar-refractivity contribution is 9.10. The molecule has 3 nitrogen and oxygen atoms in total. The van der Waals surface area contributed by atoms with Crippen LogP contribution in [-0.4, -0.2) is 18.8 Å². The van der Waals surface area contributed by atoms with Crippen molar-refractivity contribution in [2.45, 2.75) is 24.5 Å². The van der Waals surface area contributed by atoms with Gasteiger partial charge >= 0.3 is 0 Å². The molecule has 2 aliphatic heterocycles. The first-order chi connectivity index (χ1) is 7.69. The van der Waals surface area contributed by atoms with Gasteiger partial charge in [-0.3, -0.25) is 0 Å². The van der Waals surface area contributed by atoms with Crippen molar-refractivity contribution in [1.82, 2.24) is 0 Å². The van der Waals surface area contributed by atoms with E-state index in [-0.39, 0.29) is 11.6 Å². The lowest BCUT2D eigenvalue weighted by Crippen LogP contribution is -2.43. The van der Waals surface area contributed by atoms with Gasteiger partial charge in [-0.25, -0.2) is 0 Å². The molecule has 86 valence electrons. The summed E-state index contributed by atoms with van der Waals surface area (Å²) >= 11 is 3.46. The average molecular weight is 284 g/mol. The van der Waals surface area contributed by atoms with Gasteiger partial charge in [-0.05, 0) is 12.1 Å². The second-order valence-electron chi connectivity index (χ2n) is 4.58. The van der Waals surface area contributed by atoms with E-state index >= 15 is 0 Å². The molecule has 3 rings (SSSR count). The smallest absolute Gasteiger partial charge is 0.136 e. The minimum Gasteiger partial charge on any atom is -0.484 e. The van der Waals surface area contributed by atoms with Crippen molar-refractivity contribution in [2.75, 3.05) is 13.2 Å². The Morgan fingerprint density at radius 2 is 2.31 bits per heavy atom. The Hall–Kier alpha value is -0.580. The predicted octanol–water partition coefficient (Wildman–Crippen LogP) is 2.39. The summed E-state index contributed by atoms with van der Waals surface area (Å²) in [5.74, 6) is 0.902. The van der Waals surface area contributed by atoms with Crippen molar-refractivity contribution in [1.29, 1.82) is 0 Å². The zero-order chi connectivity index (χ0) is 11.2.